The third kappa shape index (κ3) is 4.28. The van der Waals surface area contributed by atoms with Crippen molar-refractivity contribution in [2.75, 3.05) is 31.1 Å². The third-order valence-electron chi connectivity index (χ3n) is 4.42. The van der Waals surface area contributed by atoms with Gasteiger partial charge in [0.25, 0.3) is 0 Å². The molecule has 0 aliphatic carbocycles. The van der Waals surface area contributed by atoms with Crippen LogP contribution in [0.2, 0.25) is 0 Å². The Hall–Kier alpha value is -2.59. The van der Waals surface area contributed by atoms with Gasteiger partial charge in [-0.25, -0.2) is 4.98 Å². The molecule has 0 saturated carbocycles. The van der Waals surface area contributed by atoms with Crippen molar-refractivity contribution in [2.45, 2.75) is 20.1 Å². The zero-order chi connectivity index (χ0) is 19.5. The van der Waals surface area contributed by atoms with Crippen molar-refractivity contribution in [2.24, 2.45) is 0 Å². The Labute approximate surface area is 164 Å². The molecule has 1 aliphatic rings. The quantitative estimate of drug-likeness (QED) is 0.620. The second-order valence-electron chi connectivity index (χ2n) is 6.42. The van der Waals surface area contributed by atoms with Crippen molar-refractivity contribution in [3.63, 3.8) is 0 Å². The van der Waals surface area contributed by atoms with Gasteiger partial charge in [-0.05, 0) is 19.1 Å². The van der Waals surface area contributed by atoms with Crippen molar-refractivity contribution in [3.8, 4) is 17.1 Å². The summed E-state index contributed by atoms with van der Waals surface area (Å²) in [6.45, 7) is 3.04. The van der Waals surface area contributed by atoms with Gasteiger partial charge in [0.2, 0.25) is 11.7 Å². The van der Waals surface area contributed by atoms with Gasteiger partial charge < -0.3 is 14.2 Å². The lowest BCUT2D eigenvalue weighted by Crippen LogP contribution is -2.46. The van der Waals surface area contributed by atoms with Crippen LogP contribution in [0.1, 0.15) is 11.6 Å². The van der Waals surface area contributed by atoms with Crippen LogP contribution in [0.4, 0.5) is 13.9 Å². The van der Waals surface area contributed by atoms with Crippen LogP contribution >= 0.6 is 11.3 Å². The maximum Gasteiger partial charge on any atom is 0.387 e. The van der Waals surface area contributed by atoms with E-state index in [-0.39, 0.29) is 11.6 Å². The molecule has 10 heteroatoms. The minimum absolute atomic E-state index is 0.0252. The maximum absolute atomic E-state index is 12.6. The van der Waals surface area contributed by atoms with Crippen LogP contribution in [0.15, 0.2) is 34.2 Å². The fourth-order valence-electron chi connectivity index (χ4n) is 3.05. The summed E-state index contributed by atoms with van der Waals surface area (Å²) in [5, 5.41) is 7.03. The molecule has 2 aromatic heterocycles. The highest BCUT2D eigenvalue weighted by atomic mass is 32.1. The Balaban J connectivity index is 1.38. The highest BCUT2D eigenvalue weighted by Crippen LogP contribution is 2.29. The molecule has 0 spiro atoms. The zero-order valence-electron chi connectivity index (χ0n) is 15.2. The van der Waals surface area contributed by atoms with Gasteiger partial charge in [0.15, 0.2) is 5.13 Å². The van der Waals surface area contributed by atoms with Crippen LogP contribution in [0, 0.1) is 6.92 Å². The number of aryl methyl sites for hydroxylation is 1. The molecule has 0 N–H and O–H groups in total. The standard InChI is InChI=1S/C18H19F2N5O2S/c1-12-11-28-18(21-12)25-8-6-24(7-9-25)10-15-22-16(23-27-15)13-4-2-3-5-14(13)26-17(19)20/h2-5,11,17H,6-10H2,1H3. The van der Waals surface area contributed by atoms with Crippen molar-refractivity contribution in [1.82, 2.24) is 20.0 Å². The second-order valence-corrected chi connectivity index (χ2v) is 7.26. The summed E-state index contributed by atoms with van der Waals surface area (Å²) in [5.74, 6) is 0.709. The molecule has 1 aromatic carbocycles. The topological polar surface area (TPSA) is 67.5 Å². The van der Waals surface area contributed by atoms with Gasteiger partial charge in [0.05, 0.1) is 17.8 Å². The third-order valence-corrected chi connectivity index (χ3v) is 5.44. The molecule has 7 nitrogen and oxygen atoms in total. The number of alkyl halides is 2. The SMILES string of the molecule is Cc1csc(N2CCN(Cc3nc(-c4ccccc4OC(F)F)no3)CC2)n1. The second kappa shape index (κ2) is 8.19. The van der Waals surface area contributed by atoms with Crippen molar-refractivity contribution >= 4 is 16.5 Å². The molecule has 0 amide bonds. The number of nitrogens with zero attached hydrogens (tertiary/aromatic N) is 5. The molecule has 1 aliphatic heterocycles. The van der Waals surface area contributed by atoms with E-state index in [1.807, 2.05) is 6.92 Å². The van der Waals surface area contributed by atoms with E-state index < -0.39 is 6.61 Å². The van der Waals surface area contributed by atoms with E-state index in [0.29, 0.717) is 18.0 Å². The Morgan fingerprint density at radius 2 is 1.96 bits per heavy atom. The van der Waals surface area contributed by atoms with E-state index in [9.17, 15) is 8.78 Å². The van der Waals surface area contributed by atoms with Crippen LogP contribution in [-0.2, 0) is 6.54 Å². The fraction of sp³-hybridized carbons (Fsp3) is 0.389. The molecule has 3 aromatic rings. The molecule has 4 rings (SSSR count). The van der Waals surface area contributed by atoms with Crippen molar-refractivity contribution < 1.29 is 18.0 Å². The first kappa shape index (κ1) is 18.8. The summed E-state index contributed by atoms with van der Waals surface area (Å²) >= 11 is 1.66. The van der Waals surface area contributed by atoms with Crippen molar-refractivity contribution in [1.29, 1.82) is 0 Å². The molecule has 28 heavy (non-hydrogen) atoms. The van der Waals surface area contributed by atoms with Gasteiger partial charge in [-0.3, -0.25) is 4.90 Å². The van der Waals surface area contributed by atoms with Gasteiger partial charge in [-0.2, -0.15) is 13.8 Å². The van der Waals surface area contributed by atoms with Gasteiger partial charge in [0, 0.05) is 31.6 Å². The summed E-state index contributed by atoms with van der Waals surface area (Å²) in [6.07, 6.45) is 0. The molecule has 0 radical (unpaired) electrons. The van der Waals surface area contributed by atoms with Crippen LogP contribution in [0.5, 0.6) is 5.75 Å². The van der Waals surface area contributed by atoms with Gasteiger partial charge in [-0.1, -0.05) is 17.3 Å². The normalized spacial score (nSPS) is 15.4. The van der Waals surface area contributed by atoms with Crippen LogP contribution < -0.4 is 9.64 Å². The number of thiazole rings is 1. The van der Waals surface area contributed by atoms with E-state index in [2.05, 4.69) is 35.0 Å². The molecule has 0 bridgehead atoms. The lowest BCUT2D eigenvalue weighted by Gasteiger charge is -2.33. The summed E-state index contributed by atoms with van der Waals surface area (Å²) in [7, 11) is 0. The van der Waals surface area contributed by atoms with E-state index in [0.717, 1.165) is 37.0 Å². The first-order valence-electron chi connectivity index (χ1n) is 8.85. The van der Waals surface area contributed by atoms with Crippen LogP contribution in [0.3, 0.4) is 0 Å². The Morgan fingerprint density at radius 1 is 1.18 bits per heavy atom. The van der Waals surface area contributed by atoms with Crippen molar-refractivity contribution in [3.05, 3.63) is 41.2 Å². The molecule has 1 fully saturated rings. The smallest absolute Gasteiger partial charge is 0.387 e. The lowest BCUT2D eigenvalue weighted by molar-refractivity contribution is -0.0494. The highest BCUT2D eigenvalue weighted by molar-refractivity contribution is 7.13. The first-order valence-corrected chi connectivity index (χ1v) is 9.72. The average molecular weight is 407 g/mol. The van der Waals surface area contributed by atoms with E-state index in [4.69, 9.17) is 4.52 Å². The minimum Gasteiger partial charge on any atom is -0.434 e. The summed E-state index contributed by atoms with van der Waals surface area (Å²) in [6, 6.07) is 6.41. The number of para-hydroxylation sites is 1. The Bertz CT molecular complexity index is 924. The van der Waals surface area contributed by atoms with Gasteiger partial charge >= 0.3 is 6.61 Å². The zero-order valence-corrected chi connectivity index (χ0v) is 16.0. The first-order chi connectivity index (χ1) is 13.6. The van der Waals surface area contributed by atoms with E-state index in [1.54, 1.807) is 29.5 Å². The van der Waals surface area contributed by atoms with Gasteiger partial charge in [0.1, 0.15) is 5.75 Å². The number of piperazine rings is 1. The molecular weight excluding hydrogens is 388 g/mol. The number of benzene rings is 1. The highest BCUT2D eigenvalue weighted by Gasteiger charge is 2.22. The van der Waals surface area contributed by atoms with Crippen LogP contribution in [0.25, 0.3) is 11.4 Å². The number of anilines is 1. The van der Waals surface area contributed by atoms with Gasteiger partial charge in [-0.15, -0.1) is 11.3 Å². The molecule has 1 saturated heterocycles. The lowest BCUT2D eigenvalue weighted by atomic mass is 10.2. The Morgan fingerprint density at radius 3 is 2.68 bits per heavy atom. The minimum atomic E-state index is -2.91. The fourth-order valence-corrected chi connectivity index (χ4v) is 3.91. The Kier molecular flexibility index (Phi) is 5.49. The number of aromatic nitrogens is 3. The van der Waals surface area contributed by atoms with Crippen LogP contribution in [-0.4, -0.2) is 52.8 Å². The number of ether oxygens (including phenoxy) is 1. The predicted octanol–water partition coefficient (Wildman–Crippen LogP) is 3.43. The monoisotopic (exact) mass is 407 g/mol. The molecule has 3 heterocycles. The molecular formula is C18H19F2N5O2S. The van der Waals surface area contributed by atoms with E-state index in [1.165, 1.54) is 6.07 Å². The summed E-state index contributed by atoms with van der Waals surface area (Å²) < 4.78 is 35.0. The predicted molar refractivity (Wildman–Crippen MR) is 101 cm³/mol. The summed E-state index contributed by atoms with van der Waals surface area (Å²) in [4.78, 5) is 13.4. The average Bonchev–Trinajstić information content (AvgIpc) is 3.32. The molecule has 0 atom stereocenters. The summed E-state index contributed by atoms with van der Waals surface area (Å²) in [5.41, 5.74) is 1.42. The van der Waals surface area contributed by atoms with E-state index >= 15 is 0 Å². The molecule has 148 valence electrons. The maximum atomic E-state index is 12.6. The number of halogens is 2. The largest absolute Gasteiger partial charge is 0.434 e. The number of hydrogen-bond acceptors (Lipinski definition) is 8. The molecule has 0 unspecified atom stereocenters. The number of rotatable bonds is 6. The number of hydrogen-bond donors (Lipinski definition) is 0.